The van der Waals surface area contributed by atoms with Gasteiger partial charge in [0.25, 0.3) is 0 Å². The maximum Gasteiger partial charge on any atom is 0.104 e. The van der Waals surface area contributed by atoms with Crippen LogP contribution in [0, 0.1) is 5.92 Å². The number of hydrogen-bond donors (Lipinski definition) is 1. The summed E-state index contributed by atoms with van der Waals surface area (Å²) in [6.45, 7) is 1.38. The maximum atomic E-state index is 5.96. The molecule has 1 atom stereocenters. The number of thiophene rings is 1. The summed E-state index contributed by atoms with van der Waals surface area (Å²) in [5, 5.41) is 0. The Morgan fingerprint density at radius 3 is 2.71 bits per heavy atom. The van der Waals surface area contributed by atoms with Crippen molar-refractivity contribution in [3.05, 3.63) is 21.3 Å². The van der Waals surface area contributed by atoms with Crippen molar-refractivity contribution in [3.8, 4) is 0 Å². The van der Waals surface area contributed by atoms with E-state index in [-0.39, 0.29) is 6.10 Å². The Kier molecular flexibility index (Phi) is 5.29. The summed E-state index contributed by atoms with van der Waals surface area (Å²) in [5.74, 6) is 0.730. The first-order valence-corrected chi connectivity index (χ1v) is 7.56. The molecule has 0 bridgehead atoms. The monoisotopic (exact) mass is 273 g/mol. The predicted molar refractivity (Wildman–Crippen MR) is 73.7 cm³/mol. The quantitative estimate of drug-likeness (QED) is 0.880. The van der Waals surface area contributed by atoms with Gasteiger partial charge in [-0.2, -0.15) is 0 Å². The topological polar surface area (TPSA) is 35.2 Å². The summed E-state index contributed by atoms with van der Waals surface area (Å²) in [7, 11) is 0. The molecule has 4 heteroatoms. The van der Waals surface area contributed by atoms with Crippen molar-refractivity contribution in [2.75, 3.05) is 13.2 Å². The van der Waals surface area contributed by atoms with Gasteiger partial charge in [0.05, 0.1) is 10.9 Å². The van der Waals surface area contributed by atoms with Gasteiger partial charge in [0.15, 0.2) is 0 Å². The van der Waals surface area contributed by atoms with Gasteiger partial charge in [-0.05, 0) is 30.9 Å². The Balaban J connectivity index is 1.82. The highest BCUT2D eigenvalue weighted by Gasteiger charge is 2.18. The summed E-state index contributed by atoms with van der Waals surface area (Å²) in [6, 6.07) is 3.93. The third-order valence-corrected chi connectivity index (χ3v) is 4.71. The normalized spacial score (nSPS) is 19.4. The van der Waals surface area contributed by atoms with Crippen LogP contribution in [0.25, 0.3) is 0 Å². The highest BCUT2D eigenvalue weighted by Crippen LogP contribution is 2.30. The summed E-state index contributed by atoms with van der Waals surface area (Å²) < 4.78 is 6.76. The molecular weight excluding hydrogens is 254 g/mol. The molecule has 2 N–H and O–H groups in total. The summed E-state index contributed by atoms with van der Waals surface area (Å²) in [6.07, 6.45) is 6.73. The third-order valence-electron chi connectivity index (χ3n) is 3.38. The van der Waals surface area contributed by atoms with Gasteiger partial charge in [0.2, 0.25) is 0 Å². The van der Waals surface area contributed by atoms with Crippen molar-refractivity contribution in [3.63, 3.8) is 0 Å². The highest BCUT2D eigenvalue weighted by atomic mass is 35.5. The van der Waals surface area contributed by atoms with Crippen LogP contribution in [-0.2, 0) is 4.74 Å². The molecule has 0 radical (unpaired) electrons. The molecule has 0 saturated heterocycles. The van der Waals surface area contributed by atoms with Crippen molar-refractivity contribution in [2.24, 2.45) is 11.7 Å². The van der Waals surface area contributed by atoms with E-state index in [9.17, 15) is 0 Å². The molecule has 2 rings (SSSR count). The first-order valence-electron chi connectivity index (χ1n) is 6.36. The average Bonchev–Trinajstić information content (AvgIpc) is 2.78. The lowest BCUT2D eigenvalue weighted by Crippen LogP contribution is -2.20. The molecule has 1 fully saturated rings. The van der Waals surface area contributed by atoms with Crippen LogP contribution < -0.4 is 5.73 Å². The van der Waals surface area contributed by atoms with E-state index < -0.39 is 0 Å². The smallest absolute Gasteiger partial charge is 0.104 e. The second kappa shape index (κ2) is 6.74. The molecule has 1 aliphatic carbocycles. The number of nitrogens with two attached hydrogens (primary N) is 1. The van der Waals surface area contributed by atoms with Gasteiger partial charge >= 0.3 is 0 Å². The first kappa shape index (κ1) is 13.3. The van der Waals surface area contributed by atoms with Gasteiger partial charge in [-0.1, -0.05) is 30.9 Å². The third kappa shape index (κ3) is 3.95. The minimum absolute atomic E-state index is 0.0226. The Morgan fingerprint density at radius 1 is 1.35 bits per heavy atom. The fourth-order valence-electron chi connectivity index (χ4n) is 2.37. The molecule has 1 aromatic heterocycles. The van der Waals surface area contributed by atoms with Crippen molar-refractivity contribution < 1.29 is 4.74 Å². The lowest BCUT2D eigenvalue weighted by Gasteiger charge is -2.24. The fourth-order valence-corrected chi connectivity index (χ4v) is 3.50. The van der Waals surface area contributed by atoms with Crippen LogP contribution in [0.1, 0.15) is 43.1 Å². The molecule has 2 nitrogen and oxygen atoms in total. The summed E-state index contributed by atoms with van der Waals surface area (Å²) in [4.78, 5) is 1.15. The van der Waals surface area contributed by atoms with Crippen LogP contribution in [0.3, 0.4) is 0 Å². The van der Waals surface area contributed by atoms with Crippen LogP contribution in [0.4, 0.5) is 0 Å². The number of halogens is 1. The molecule has 1 unspecified atom stereocenters. The Morgan fingerprint density at radius 2 is 2.12 bits per heavy atom. The van der Waals surface area contributed by atoms with Gasteiger partial charge < -0.3 is 10.5 Å². The molecule has 1 saturated carbocycles. The van der Waals surface area contributed by atoms with E-state index in [0.717, 1.165) is 21.7 Å². The Hall–Kier alpha value is -0.0900. The maximum absolute atomic E-state index is 5.96. The van der Waals surface area contributed by atoms with Gasteiger partial charge in [-0.3, -0.25) is 0 Å². The van der Waals surface area contributed by atoms with E-state index in [1.165, 1.54) is 32.1 Å². The van der Waals surface area contributed by atoms with E-state index in [1.54, 1.807) is 11.3 Å². The van der Waals surface area contributed by atoms with Gasteiger partial charge in [0.1, 0.15) is 6.10 Å². The molecular formula is C13H20ClNOS. The minimum atomic E-state index is 0.0226. The number of ether oxygens (including phenoxy) is 1. The van der Waals surface area contributed by atoms with Crippen LogP contribution in [0.15, 0.2) is 12.1 Å². The van der Waals surface area contributed by atoms with Crippen molar-refractivity contribution in [2.45, 2.75) is 38.2 Å². The molecule has 0 spiro atoms. The van der Waals surface area contributed by atoms with Gasteiger partial charge in [-0.15, -0.1) is 11.3 Å². The molecule has 96 valence electrons. The van der Waals surface area contributed by atoms with Crippen molar-refractivity contribution in [1.82, 2.24) is 0 Å². The van der Waals surface area contributed by atoms with Gasteiger partial charge in [-0.25, -0.2) is 0 Å². The average molecular weight is 274 g/mol. The lowest BCUT2D eigenvalue weighted by molar-refractivity contribution is 0.0266. The summed E-state index contributed by atoms with van der Waals surface area (Å²) in [5.41, 5.74) is 5.77. The molecule has 1 aromatic rings. The van der Waals surface area contributed by atoms with Crippen LogP contribution in [0.5, 0.6) is 0 Å². The second-order valence-electron chi connectivity index (χ2n) is 4.70. The van der Waals surface area contributed by atoms with Crippen molar-refractivity contribution in [1.29, 1.82) is 0 Å². The largest absolute Gasteiger partial charge is 0.371 e. The zero-order chi connectivity index (χ0) is 12.1. The first-order chi connectivity index (χ1) is 8.29. The standard InChI is InChI=1S/C13H20ClNOS/c14-13-7-6-12(17-13)11(8-15)16-9-10-4-2-1-3-5-10/h6-7,10-11H,1-5,8-9,15H2. The SMILES string of the molecule is NCC(OCC1CCCCC1)c1ccc(Cl)s1. The van der Waals surface area contributed by atoms with E-state index in [1.807, 2.05) is 12.1 Å². The number of hydrogen-bond acceptors (Lipinski definition) is 3. The summed E-state index contributed by atoms with van der Waals surface area (Å²) >= 11 is 7.50. The van der Waals surface area contributed by atoms with E-state index >= 15 is 0 Å². The molecule has 17 heavy (non-hydrogen) atoms. The zero-order valence-electron chi connectivity index (χ0n) is 10.0. The highest BCUT2D eigenvalue weighted by molar-refractivity contribution is 7.16. The second-order valence-corrected chi connectivity index (χ2v) is 6.45. The molecule has 0 aliphatic heterocycles. The van der Waals surface area contributed by atoms with E-state index in [2.05, 4.69) is 0 Å². The molecule has 1 heterocycles. The Labute approximate surface area is 112 Å². The molecule has 1 aliphatic rings. The molecule has 0 amide bonds. The lowest BCUT2D eigenvalue weighted by atomic mass is 9.90. The van der Waals surface area contributed by atoms with Crippen LogP contribution in [0.2, 0.25) is 4.34 Å². The predicted octanol–water partition coefficient (Wildman–Crippen LogP) is 4.00. The van der Waals surface area contributed by atoms with Gasteiger partial charge in [0, 0.05) is 11.4 Å². The van der Waals surface area contributed by atoms with Crippen molar-refractivity contribution >= 4 is 22.9 Å². The molecule has 0 aromatic carbocycles. The zero-order valence-corrected chi connectivity index (χ0v) is 11.6. The minimum Gasteiger partial charge on any atom is -0.371 e. The van der Waals surface area contributed by atoms with Crippen LogP contribution in [-0.4, -0.2) is 13.2 Å². The Bertz CT molecular complexity index is 336. The van der Waals surface area contributed by atoms with Crippen LogP contribution >= 0.6 is 22.9 Å². The number of rotatable bonds is 5. The van der Waals surface area contributed by atoms with E-state index in [0.29, 0.717) is 6.54 Å². The van der Waals surface area contributed by atoms with E-state index in [4.69, 9.17) is 22.1 Å². The fraction of sp³-hybridized carbons (Fsp3) is 0.692.